The average Bonchev–Trinajstić information content (AvgIpc) is 3.15. The van der Waals surface area contributed by atoms with E-state index >= 15 is 0 Å². The minimum Gasteiger partial charge on any atom is -0.480 e. The molecule has 1 aromatic carbocycles. The molecule has 0 bridgehead atoms. The zero-order valence-electron chi connectivity index (χ0n) is 19.0. The highest BCUT2D eigenvalue weighted by atomic mass is 16.5. The highest BCUT2D eigenvalue weighted by Gasteiger charge is 2.26. The van der Waals surface area contributed by atoms with E-state index in [4.69, 9.17) is 20.9 Å². The summed E-state index contributed by atoms with van der Waals surface area (Å²) in [7, 11) is 1.60. The van der Waals surface area contributed by atoms with Gasteiger partial charge in [0, 0.05) is 29.1 Å². The Bertz CT molecular complexity index is 1510. The fourth-order valence-corrected chi connectivity index (χ4v) is 4.03. The van der Waals surface area contributed by atoms with Crippen LogP contribution in [0.1, 0.15) is 11.3 Å². The molecule has 170 valence electrons. The first-order chi connectivity index (χ1) is 16.5. The summed E-state index contributed by atoms with van der Waals surface area (Å²) in [6.07, 6.45) is 3.13. The van der Waals surface area contributed by atoms with E-state index in [2.05, 4.69) is 20.1 Å². The third kappa shape index (κ3) is 3.62. The summed E-state index contributed by atoms with van der Waals surface area (Å²) in [4.78, 5) is 12.9. The number of nitrogens with zero attached hydrogens (tertiary/aromatic N) is 5. The molecule has 4 heterocycles. The number of pyridine rings is 2. The van der Waals surface area contributed by atoms with Crippen LogP contribution in [0, 0.1) is 13.8 Å². The Hall–Kier alpha value is -4.66. The van der Waals surface area contributed by atoms with Gasteiger partial charge in [-0.1, -0.05) is 18.2 Å². The maximum atomic E-state index is 6.32. The van der Waals surface area contributed by atoms with E-state index < -0.39 is 0 Å². The first-order valence-electron chi connectivity index (χ1n) is 10.6. The average molecular weight is 454 g/mol. The summed E-state index contributed by atoms with van der Waals surface area (Å²) >= 11 is 0. The fraction of sp³-hybridized carbons (Fsp3) is 0.120. The Morgan fingerprint density at radius 1 is 0.941 bits per heavy atom. The van der Waals surface area contributed by atoms with Crippen molar-refractivity contribution in [2.24, 2.45) is 0 Å². The predicted octanol–water partition coefficient (Wildman–Crippen LogP) is 4.44. The molecule has 0 radical (unpaired) electrons. The van der Waals surface area contributed by atoms with Crippen molar-refractivity contribution >= 4 is 17.2 Å². The molecule has 4 aromatic heterocycles. The van der Waals surface area contributed by atoms with Crippen LogP contribution in [0.5, 0.6) is 17.5 Å². The molecule has 34 heavy (non-hydrogen) atoms. The van der Waals surface area contributed by atoms with Crippen LogP contribution in [-0.4, -0.2) is 31.7 Å². The molecule has 5 rings (SSSR count). The zero-order chi connectivity index (χ0) is 23.8. The molecular formula is C25H23N7O2. The third-order valence-corrected chi connectivity index (χ3v) is 5.53. The number of nitrogens with two attached hydrogens (primary N) is 2. The summed E-state index contributed by atoms with van der Waals surface area (Å²) in [5.41, 5.74) is 18.1. The summed E-state index contributed by atoms with van der Waals surface area (Å²) < 4.78 is 13.4. The molecular weight excluding hydrogens is 430 g/mol. The van der Waals surface area contributed by atoms with Gasteiger partial charge in [-0.2, -0.15) is 9.61 Å². The van der Waals surface area contributed by atoms with Crippen LogP contribution < -0.4 is 20.9 Å². The summed E-state index contributed by atoms with van der Waals surface area (Å²) in [6, 6.07) is 15.1. The standard InChI is InChI=1S/C25H23N7O2/c1-14-11-19(26)28-12-18(14)22-21(23-24(27)29-13-30-32(23)25(22)33-3)16-7-9-17(10-8-16)34-20-6-4-5-15(2)31-20/h4-13H,1-3H3,(H2,26,28)(H2,27,29,30). The number of aromatic nitrogens is 5. The number of hydrogen-bond acceptors (Lipinski definition) is 8. The van der Waals surface area contributed by atoms with E-state index in [1.165, 1.54) is 6.33 Å². The second-order valence-electron chi connectivity index (χ2n) is 7.83. The van der Waals surface area contributed by atoms with Crippen LogP contribution in [0.25, 0.3) is 27.8 Å². The molecule has 0 saturated carbocycles. The van der Waals surface area contributed by atoms with Gasteiger partial charge in [0.15, 0.2) is 5.82 Å². The Kier molecular flexibility index (Phi) is 5.21. The zero-order valence-corrected chi connectivity index (χ0v) is 19.0. The van der Waals surface area contributed by atoms with Crippen LogP contribution in [0.3, 0.4) is 0 Å². The number of methoxy groups -OCH3 is 1. The topological polar surface area (TPSA) is 126 Å². The van der Waals surface area contributed by atoms with Gasteiger partial charge in [0.25, 0.3) is 0 Å². The molecule has 0 aliphatic carbocycles. The number of nitrogen functional groups attached to an aromatic ring is 2. The molecule has 4 N–H and O–H groups in total. The third-order valence-electron chi connectivity index (χ3n) is 5.53. The Labute approximate surface area is 196 Å². The van der Waals surface area contributed by atoms with Gasteiger partial charge in [0.2, 0.25) is 11.8 Å². The number of aryl methyl sites for hydroxylation is 2. The Morgan fingerprint density at radius 2 is 1.74 bits per heavy atom. The van der Waals surface area contributed by atoms with Crippen LogP contribution in [0.15, 0.2) is 61.1 Å². The molecule has 0 saturated heterocycles. The van der Waals surface area contributed by atoms with Crippen molar-refractivity contribution in [1.29, 1.82) is 0 Å². The van der Waals surface area contributed by atoms with E-state index in [-0.39, 0.29) is 0 Å². The smallest absolute Gasteiger partial charge is 0.223 e. The number of rotatable bonds is 5. The first-order valence-corrected chi connectivity index (χ1v) is 10.6. The second kappa shape index (κ2) is 8.36. The molecule has 0 aliphatic heterocycles. The van der Waals surface area contributed by atoms with Crippen LogP contribution in [0.2, 0.25) is 0 Å². The molecule has 9 nitrogen and oxygen atoms in total. The van der Waals surface area contributed by atoms with E-state index in [9.17, 15) is 0 Å². The molecule has 0 fully saturated rings. The minimum absolute atomic E-state index is 0.333. The van der Waals surface area contributed by atoms with Crippen molar-refractivity contribution in [2.45, 2.75) is 13.8 Å². The van der Waals surface area contributed by atoms with Gasteiger partial charge in [-0.3, -0.25) is 0 Å². The van der Waals surface area contributed by atoms with Gasteiger partial charge in [0.1, 0.15) is 23.4 Å². The Morgan fingerprint density at radius 3 is 2.44 bits per heavy atom. The largest absolute Gasteiger partial charge is 0.480 e. The minimum atomic E-state index is 0.333. The molecule has 0 atom stereocenters. The lowest BCUT2D eigenvalue weighted by Gasteiger charge is -2.11. The lowest BCUT2D eigenvalue weighted by molar-refractivity contribution is 0.389. The Balaban J connectivity index is 1.70. The molecule has 5 aromatic rings. The number of anilines is 2. The number of hydrogen-bond donors (Lipinski definition) is 2. The monoisotopic (exact) mass is 453 g/mol. The highest BCUT2D eigenvalue weighted by Crippen LogP contribution is 2.46. The maximum absolute atomic E-state index is 6.32. The lowest BCUT2D eigenvalue weighted by Crippen LogP contribution is -2.01. The highest BCUT2D eigenvalue weighted by molar-refractivity contribution is 6.01. The summed E-state index contributed by atoms with van der Waals surface area (Å²) in [5.74, 6) is 2.49. The molecule has 0 amide bonds. The quantitative estimate of drug-likeness (QED) is 0.400. The van der Waals surface area contributed by atoms with Crippen molar-refractivity contribution in [2.75, 3.05) is 18.6 Å². The maximum Gasteiger partial charge on any atom is 0.223 e. The van der Waals surface area contributed by atoms with Crippen molar-refractivity contribution < 1.29 is 9.47 Å². The van der Waals surface area contributed by atoms with Crippen molar-refractivity contribution in [1.82, 2.24) is 24.6 Å². The van der Waals surface area contributed by atoms with Crippen LogP contribution in [-0.2, 0) is 0 Å². The summed E-state index contributed by atoms with van der Waals surface area (Å²) in [5, 5.41) is 4.40. The van der Waals surface area contributed by atoms with E-state index in [1.807, 2.05) is 62.4 Å². The SMILES string of the molecule is COc1c(-c2cnc(N)cc2C)c(-c2ccc(Oc3cccc(C)n3)cc2)c2c(N)ncnn12. The fourth-order valence-electron chi connectivity index (χ4n) is 4.03. The lowest BCUT2D eigenvalue weighted by atomic mass is 9.95. The number of benzene rings is 1. The van der Waals surface area contributed by atoms with Crippen molar-refractivity contribution in [3.8, 4) is 39.8 Å². The van der Waals surface area contributed by atoms with Gasteiger partial charge in [-0.15, -0.1) is 0 Å². The van der Waals surface area contributed by atoms with E-state index in [0.717, 1.165) is 33.5 Å². The van der Waals surface area contributed by atoms with Crippen molar-refractivity contribution in [3.63, 3.8) is 0 Å². The van der Waals surface area contributed by atoms with E-state index in [0.29, 0.717) is 34.7 Å². The van der Waals surface area contributed by atoms with Gasteiger partial charge < -0.3 is 20.9 Å². The van der Waals surface area contributed by atoms with Gasteiger partial charge in [0.05, 0.1) is 12.7 Å². The van der Waals surface area contributed by atoms with Crippen molar-refractivity contribution in [3.05, 3.63) is 72.3 Å². The molecule has 0 aliphatic rings. The van der Waals surface area contributed by atoms with Gasteiger partial charge in [-0.05, 0) is 49.2 Å². The number of ether oxygens (including phenoxy) is 2. The summed E-state index contributed by atoms with van der Waals surface area (Å²) in [6.45, 7) is 3.89. The molecule has 9 heteroatoms. The molecule has 0 unspecified atom stereocenters. The normalized spacial score (nSPS) is 11.0. The molecule has 0 spiro atoms. The van der Waals surface area contributed by atoms with Gasteiger partial charge >= 0.3 is 0 Å². The van der Waals surface area contributed by atoms with Crippen LogP contribution >= 0.6 is 0 Å². The van der Waals surface area contributed by atoms with E-state index in [1.54, 1.807) is 17.8 Å². The second-order valence-corrected chi connectivity index (χ2v) is 7.83. The van der Waals surface area contributed by atoms with Gasteiger partial charge in [-0.25, -0.2) is 15.0 Å². The van der Waals surface area contributed by atoms with Crippen LogP contribution in [0.4, 0.5) is 11.6 Å². The predicted molar refractivity (Wildman–Crippen MR) is 131 cm³/mol. The number of fused-ring (bicyclic) bond motifs is 1. The first kappa shape index (κ1) is 21.2.